The van der Waals surface area contributed by atoms with Crippen molar-refractivity contribution in [2.45, 2.75) is 19.5 Å². The lowest BCUT2D eigenvalue weighted by atomic mass is 9.87. The Morgan fingerprint density at radius 3 is 2.05 bits per heavy atom. The molecule has 1 aliphatic carbocycles. The zero-order valence-corrected chi connectivity index (χ0v) is 21.3. The van der Waals surface area contributed by atoms with E-state index in [9.17, 15) is 27.6 Å². The standard InChI is InChI=1S/C30H24F3NO5/c1-17-23(26(36)28(39-3)27(38-2)25(17)35)15-18-9-14-22(24(16-18)19-7-5-4-6-8-19)29(37)34-21-12-10-20(11-13-21)30(31,32)33/h4-14,16H,15H2,1-3H3,(H,34,37). The summed E-state index contributed by atoms with van der Waals surface area (Å²) in [6, 6.07) is 18.2. The number of anilines is 1. The zero-order valence-electron chi connectivity index (χ0n) is 21.3. The summed E-state index contributed by atoms with van der Waals surface area (Å²) in [5.41, 5.74) is 2.07. The topological polar surface area (TPSA) is 81.7 Å². The molecule has 39 heavy (non-hydrogen) atoms. The molecule has 3 aromatic carbocycles. The summed E-state index contributed by atoms with van der Waals surface area (Å²) in [6.07, 6.45) is -4.39. The molecule has 0 fully saturated rings. The van der Waals surface area contributed by atoms with Crippen molar-refractivity contribution in [1.82, 2.24) is 0 Å². The predicted octanol–water partition coefficient (Wildman–Crippen LogP) is 6.14. The highest BCUT2D eigenvalue weighted by Gasteiger charge is 2.35. The fourth-order valence-electron chi connectivity index (χ4n) is 4.31. The van der Waals surface area contributed by atoms with Gasteiger partial charge in [0.15, 0.2) is 0 Å². The lowest BCUT2D eigenvalue weighted by molar-refractivity contribution is -0.137. The first-order valence-electron chi connectivity index (χ1n) is 11.8. The maximum absolute atomic E-state index is 13.2. The van der Waals surface area contributed by atoms with Gasteiger partial charge in [0.2, 0.25) is 23.1 Å². The van der Waals surface area contributed by atoms with Gasteiger partial charge in [0.1, 0.15) is 0 Å². The first-order valence-corrected chi connectivity index (χ1v) is 11.8. The molecule has 0 bridgehead atoms. The van der Waals surface area contributed by atoms with Crippen molar-refractivity contribution < 1.29 is 37.0 Å². The molecule has 0 aliphatic heterocycles. The van der Waals surface area contributed by atoms with Crippen LogP contribution in [0.15, 0.2) is 95.5 Å². The molecule has 0 saturated heterocycles. The van der Waals surface area contributed by atoms with Crippen LogP contribution in [0, 0.1) is 0 Å². The second-order valence-corrected chi connectivity index (χ2v) is 8.78. The van der Waals surface area contributed by atoms with E-state index in [1.807, 2.05) is 18.2 Å². The third-order valence-electron chi connectivity index (χ3n) is 6.36. The van der Waals surface area contributed by atoms with E-state index in [0.717, 1.165) is 12.1 Å². The van der Waals surface area contributed by atoms with Gasteiger partial charge >= 0.3 is 6.18 Å². The fraction of sp³-hybridized carbons (Fsp3) is 0.167. The Kier molecular flexibility index (Phi) is 7.71. The lowest BCUT2D eigenvalue weighted by Gasteiger charge is -2.21. The van der Waals surface area contributed by atoms with Gasteiger partial charge in [-0.25, -0.2) is 0 Å². The van der Waals surface area contributed by atoms with E-state index in [1.54, 1.807) is 37.3 Å². The highest BCUT2D eigenvalue weighted by Crippen LogP contribution is 2.32. The minimum atomic E-state index is -4.48. The molecule has 1 N–H and O–H groups in total. The van der Waals surface area contributed by atoms with E-state index >= 15 is 0 Å². The predicted molar refractivity (Wildman–Crippen MR) is 139 cm³/mol. The van der Waals surface area contributed by atoms with Gasteiger partial charge in [-0.15, -0.1) is 0 Å². The molecule has 200 valence electrons. The van der Waals surface area contributed by atoms with Crippen LogP contribution in [0.4, 0.5) is 18.9 Å². The van der Waals surface area contributed by atoms with Crippen LogP contribution in [0.25, 0.3) is 11.1 Å². The van der Waals surface area contributed by atoms with E-state index in [4.69, 9.17) is 9.47 Å². The molecule has 9 heteroatoms. The molecule has 0 radical (unpaired) electrons. The third-order valence-corrected chi connectivity index (χ3v) is 6.36. The van der Waals surface area contributed by atoms with Crippen LogP contribution in [0.3, 0.4) is 0 Å². The Balaban J connectivity index is 1.68. The first-order chi connectivity index (χ1) is 18.5. The Hall–Kier alpha value is -4.66. The molecule has 0 atom stereocenters. The minimum absolute atomic E-state index is 0.0981. The molecule has 1 aliphatic rings. The van der Waals surface area contributed by atoms with Gasteiger partial charge in [0.05, 0.1) is 19.8 Å². The number of Topliss-reactive ketones (excluding diaryl/α,β-unsaturated/α-hetero) is 2. The number of methoxy groups -OCH3 is 2. The summed E-state index contributed by atoms with van der Waals surface area (Å²) in [4.78, 5) is 39.1. The lowest BCUT2D eigenvalue weighted by Crippen LogP contribution is -2.26. The number of allylic oxidation sites excluding steroid dienone is 2. The number of rotatable bonds is 7. The molecular formula is C30H24F3NO5. The third kappa shape index (κ3) is 5.62. The van der Waals surface area contributed by atoms with Crippen molar-refractivity contribution in [3.63, 3.8) is 0 Å². The van der Waals surface area contributed by atoms with Crippen molar-refractivity contribution in [3.05, 3.63) is 112 Å². The highest BCUT2D eigenvalue weighted by atomic mass is 19.4. The van der Waals surface area contributed by atoms with Gasteiger partial charge in [-0.05, 0) is 53.9 Å². The summed E-state index contributed by atoms with van der Waals surface area (Å²) >= 11 is 0. The fourth-order valence-corrected chi connectivity index (χ4v) is 4.31. The Bertz CT molecular complexity index is 1500. The maximum atomic E-state index is 13.2. The molecule has 4 rings (SSSR count). The average molecular weight is 536 g/mol. The number of benzene rings is 3. The van der Waals surface area contributed by atoms with E-state index in [0.29, 0.717) is 16.7 Å². The monoisotopic (exact) mass is 535 g/mol. The maximum Gasteiger partial charge on any atom is 0.416 e. The van der Waals surface area contributed by atoms with Gasteiger partial charge in [-0.2, -0.15) is 13.2 Å². The van der Waals surface area contributed by atoms with Gasteiger partial charge in [-0.3, -0.25) is 14.4 Å². The van der Waals surface area contributed by atoms with Gasteiger partial charge in [-0.1, -0.05) is 42.5 Å². The van der Waals surface area contributed by atoms with Crippen LogP contribution < -0.4 is 5.32 Å². The number of ether oxygens (including phenoxy) is 2. The summed E-state index contributed by atoms with van der Waals surface area (Å²) < 4.78 is 48.9. The highest BCUT2D eigenvalue weighted by molar-refractivity contribution is 6.23. The minimum Gasteiger partial charge on any atom is -0.489 e. The van der Waals surface area contributed by atoms with Crippen molar-refractivity contribution in [1.29, 1.82) is 0 Å². The smallest absolute Gasteiger partial charge is 0.416 e. The summed E-state index contributed by atoms with van der Waals surface area (Å²) in [7, 11) is 2.58. The molecule has 0 saturated carbocycles. The Labute approximate surface area is 222 Å². The number of hydrogen-bond acceptors (Lipinski definition) is 5. The van der Waals surface area contributed by atoms with Crippen LogP contribution in [0.2, 0.25) is 0 Å². The first kappa shape index (κ1) is 27.4. The number of carbonyl (C=O) groups is 3. The van der Waals surface area contributed by atoms with Crippen LogP contribution >= 0.6 is 0 Å². The molecular weight excluding hydrogens is 511 g/mol. The Morgan fingerprint density at radius 1 is 0.846 bits per heavy atom. The molecule has 6 nitrogen and oxygen atoms in total. The second-order valence-electron chi connectivity index (χ2n) is 8.78. The van der Waals surface area contributed by atoms with Crippen LogP contribution in [0.1, 0.15) is 28.4 Å². The number of nitrogens with one attached hydrogen (secondary N) is 1. The number of hydrogen-bond donors (Lipinski definition) is 1. The summed E-state index contributed by atoms with van der Waals surface area (Å²) in [5.74, 6) is -1.74. The molecule has 0 heterocycles. The summed E-state index contributed by atoms with van der Waals surface area (Å²) in [6.45, 7) is 1.55. The zero-order chi connectivity index (χ0) is 28.3. The summed E-state index contributed by atoms with van der Waals surface area (Å²) in [5, 5.41) is 2.64. The van der Waals surface area contributed by atoms with Gasteiger partial charge < -0.3 is 14.8 Å². The number of carbonyl (C=O) groups excluding carboxylic acids is 3. The van der Waals surface area contributed by atoms with Gasteiger partial charge in [0.25, 0.3) is 5.91 Å². The largest absolute Gasteiger partial charge is 0.489 e. The van der Waals surface area contributed by atoms with Gasteiger partial charge in [0, 0.05) is 28.8 Å². The molecule has 0 aromatic heterocycles. The number of ketones is 2. The van der Waals surface area contributed by atoms with E-state index < -0.39 is 29.2 Å². The van der Waals surface area contributed by atoms with Crippen molar-refractivity contribution in [2.24, 2.45) is 0 Å². The van der Waals surface area contributed by atoms with E-state index in [-0.39, 0.29) is 40.3 Å². The van der Waals surface area contributed by atoms with Crippen LogP contribution in [-0.2, 0) is 31.7 Å². The normalized spacial score (nSPS) is 14.0. The van der Waals surface area contributed by atoms with Crippen molar-refractivity contribution >= 4 is 23.2 Å². The number of halogens is 3. The average Bonchev–Trinajstić information content (AvgIpc) is 2.93. The molecule has 0 unspecified atom stereocenters. The van der Waals surface area contributed by atoms with E-state index in [1.165, 1.54) is 26.4 Å². The quantitative estimate of drug-likeness (QED) is 0.368. The molecule has 3 aromatic rings. The number of alkyl halides is 3. The molecule has 1 amide bonds. The molecule has 0 spiro atoms. The van der Waals surface area contributed by atoms with Crippen molar-refractivity contribution in [3.8, 4) is 11.1 Å². The second kappa shape index (κ2) is 11.0. The van der Waals surface area contributed by atoms with Crippen LogP contribution in [-0.4, -0.2) is 31.7 Å². The van der Waals surface area contributed by atoms with Crippen molar-refractivity contribution in [2.75, 3.05) is 19.5 Å². The van der Waals surface area contributed by atoms with E-state index in [2.05, 4.69) is 5.32 Å². The SMILES string of the molecule is COC1=C(OC)C(=O)C(Cc2ccc(C(=O)Nc3ccc(C(F)(F)F)cc3)c(-c3ccccc3)c2)=C(C)C1=O. The number of amides is 1. The Morgan fingerprint density at radius 2 is 1.46 bits per heavy atom. The van der Waals surface area contributed by atoms with Crippen LogP contribution in [0.5, 0.6) is 0 Å².